The number of morpholine rings is 1. The van der Waals surface area contributed by atoms with Gasteiger partial charge in [0.1, 0.15) is 0 Å². The van der Waals surface area contributed by atoms with Crippen LogP contribution in [0.3, 0.4) is 0 Å². The number of likely N-dealkylation sites (tertiary alicyclic amines) is 1. The number of hydrogen-bond donors (Lipinski definition) is 0. The minimum atomic E-state index is -4.67. The second kappa shape index (κ2) is 6.41. The fraction of sp³-hybridized carbons (Fsp3) is 0.833. The molecule has 1 aromatic heterocycles. The Balaban J connectivity index is 1.23. The van der Waals surface area contributed by atoms with Gasteiger partial charge in [0.2, 0.25) is 0 Å². The lowest BCUT2D eigenvalue weighted by molar-refractivity contribution is -0.141. The third kappa shape index (κ3) is 3.21. The maximum absolute atomic E-state index is 12.9. The average Bonchev–Trinajstić information content (AvgIpc) is 3.34. The Morgan fingerprint density at radius 3 is 2.41 bits per heavy atom. The molecular weight excluding hydrogens is 409 g/mol. The summed E-state index contributed by atoms with van der Waals surface area (Å²) in [5.41, 5.74) is -1.01. The van der Waals surface area contributed by atoms with Crippen LogP contribution >= 0.6 is 0 Å². The maximum Gasteiger partial charge on any atom is 0.435 e. The lowest BCUT2D eigenvalue weighted by Crippen LogP contribution is -2.57. The first kappa shape index (κ1) is 19.8. The predicted octanol–water partition coefficient (Wildman–Crippen LogP) is 1.85. The van der Waals surface area contributed by atoms with Crippen LogP contribution in [-0.2, 0) is 28.0 Å². The highest BCUT2D eigenvalue weighted by Crippen LogP contribution is 2.53. The number of aryl methyl sites for hydroxylation is 1. The number of piperidine rings is 1. The molecule has 3 aliphatic heterocycles. The van der Waals surface area contributed by atoms with Gasteiger partial charge in [0.25, 0.3) is 10.0 Å². The van der Waals surface area contributed by atoms with Crippen molar-refractivity contribution in [2.45, 2.75) is 61.5 Å². The first-order valence-corrected chi connectivity index (χ1v) is 11.5. The number of alkyl halides is 3. The first-order valence-electron chi connectivity index (χ1n) is 10.1. The Bertz CT molecular complexity index is 900. The zero-order valence-electron chi connectivity index (χ0n) is 16.2. The van der Waals surface area contributed by atoms with Gasteiger partial charge in [-0.2, -0.15) is 22.6 Å². The van der Waals surface area contributed by atoms with E-state index >= 15 is 0 Å². The van der Waals surface area contributed by atoms with Gasteiger partial charge in [0.15, 0.2) is 10.7 Å². The van der Waals surface area contributed by atoms with Gasteiger partial charge in [-0.1, -0.05) is 0 Å². The van der Waals surface area contributed by atoms with Crippen LogP contribution in [0.1, 0.15) is 37.8 Å². The van der Waals surface area contributed by atoms with E-state index in [0.717, 1.165) is 49.9 Å². The molecule has 4 fully saturated rings. The van der Waals surface area contributed by atoms with Crippen molar-refractivity contribution in [3.8, 4) is 0 Å². The van der Waals surface area contributed by atoms with E-state index in [0.29, 0.717) is 37.3 Å². The van der Waals surface area contributed by atoms with Crippen LogP contribution in [-0.4, -0.2) is 71.8 Å². The van der Waals surface area contributed by atoms with Crippen LogP contribution < -0.4 is 0 Å². The van der Waals surface area contributed by atoms with Crippen molar-refractivity contribution < 1.29 is 26.3 Å². The molecule has 4 aliphatic rings. The first-order chi connectivity index (χ1) is 13.6. The third-order valence-electron chi connectivity index (χ3n) is 7.26. The van der Waals surface area contributed by atoms with Crippen molar-refractivity contribution >= 4 is 10.0 Å². The molecule has 4 heterocycles. The zero-order chi connectivity index (χ0) is 20.6. The summed E-state index contributed by atoms with van der Waals surface area (Å²) in [6.45, 7) is 2.52. The van der Waals surface area contributed by atoms with E-state index in [1.807, 2.05) is 0 Å². The number of hydrogen-bond acceptors (Lipinski definition) is 5. The summed E-state index contributed by atoms with van der Waals surface area (Å²) >= 11 is 0. The van der Waals surface area contributed by atoms with Gasteiger partial charge in [-0.3, -0.25) is 9.58 Å². The summed E-state index contributed by atoms with van der Waals surface area (Å²) in [6, 6.07) is 1.72. The minimum absolute atomic E-state index is 0.170. The highest BCUT2D eigenvalue weighted by atomic mass is 32.2. The van der Waals surface area contributed by atoms with Crippen LogP contribution in [0.4, 0.5) is 13.2 Å². The van der Waals surface area contributed by atoms with Gasteiger partial charge in [-0.05, 0) is 37.5 Å². The molecule has 11 heteroatoms. The van der Waals surface area contributed by atoms with E-state index in [1.54, 1.807) is 0 Å². The minimum Gasteiger partial charge on any atom is -0.375 e. The monoisotopic (exact) mass is 434 g/mol. The van der Waals surface area contributed by atoms with E-state index in [-0.39, 0.29) is 5.41 Å². The summed E-state index contributed by atoms with van der Waals surface area (Å²) in [5, 5.41) is 2.94. The maximum atomic E-state index is 12.9. The van der Waals surface area contributed by atoms with Crippen LogP contribution in [0.5, 0.6) is 0 Å². The molecule has 5 rings (SSSR count). The molecule has 1 aromatic rings. The highest BCUT2D eigenvalue weighted by molar-refractivity contribution is 7.89. The summed E-state index contributed by atoms with van der Waals surface area (Å²) < 4.78 is 72.3. The number of fused-ring (bicyclic) bond motifs is 2. The SMILES string of the molecule is Cn1nc(C(F)(F)F)cc1S(=O)(=O)N1CCC2(CC1)CC(N1CC3CC1CO3)C2. The molecule has 0 N–H and O–H groups in total. The number of halogens is 3. The largest absolute Gasteiger partial charge is 0.435 e. The normalized spacial score (nSPS) is 30.9. The fourth-order valence-corrected chi connectivity index (χ4v) is 7.19. The lowest BCUT2D eigenvalue weighted by atomic mass is 9.60. The van der Waals surface area contributed by atoms with Gasteiger partial charge in [-0.25, -0.2) is 8.42 Å². The molecule has 7 nitrogen and oxygen atoms in total. The van der Waals surface area contributed by atoms with E-state index in [4.69, 9.17) is 4.74 Å². The summed E-state index contributed by atoms with van der Waals surface area (Å²) in [6.07, 6.45) is 0.501. The second-order valence-electron chi connectivity index (χ2n) is 9.00. The van der Waals surface area contributed by atoms with Gasteiger partial charge >= 0.3 is 6.18 Å². The quantitative estimate of drug-likeness (QED) is 0.727. The number of aromatic nitrogens is 2. The molecular formula is C18H25F3N4O3S. The fourth-order valence-electron chi connectivity index (χ4n) is 5.62. The van der Waals surface area contributed by atoms with Gasteiger partial charge in [0.05, 0.1) is 12.7 Å². The Morgan fingerprint density at radius 2 is 1.90 bits per heavy atom. The molecule has 2 bridgehead atoms. The molecule has 0 aromatic carbocycles. The Morgan fingerprint density at radius 1 is 1.21 bits per heavy atom. The topological polar surface area (TPSA) is 67.7 Å². The number of sulfonamides is 1. The Kier molecular flexibility index (Phi) is 4.37. The molecule has 2 atom stereocenters. The zero-order valence-corrected chi connectivity index (χ0v) is 17.0. The molecule has 1 spiro atoms. The van der Waals surface area contributed by atoms with Crippen LogP contribution in [0.15, 0.2) is 11.1 Å². The Labute approximate surface area is 167 Å². The van der Waals surface area contributed by atoms with Crippen LogP contribution in [0.25, 0.3) is 0 Å². The third-order valence-corrected chi connectivity index (χ3v) is 9.22. The van der Waals surface area contributed by atoms with Crippen LogP contribution in [0, 0.1) is 5.41 Å². The van der Waals surface area contributed by atoms with Crippen molar-refractivity contribution in [2.24, 2.45) is 12.5 Å². The van der Waals surface area contributed by atoms with Crippen molar-refractivity contribution in [3.63, 3.8) is 0 Å². The van der Waals surface area contributed by atoms with E-state index in [9.17, 15) is 21.6 Å². The molecule has 1 aliphatic carbocycles. The van der Waals surface area contributed by atoms with Crippen molar-refractivity contribution in [1.82, 2.24) is 19.0 Å². The van der Waals surface area contributed by atoms with Crippen molar-refractivity contribution in [2.75, 3.05) is 26.2 Å². The molecule has 1 saturated carbocycles. The number of nitrogens with zero attached hydrogens (tertiary/aromatic N) is 4. The van der Waals surface area contributed by atoms with E-state index in [2.05, 4.69) is 10.00 Å². The number of rotatable bonds is 3. The standard InChI is InChI=1S/C18H25F3N4O3S/c1-23-16(7-15(22-23)18(19,20)21)29(26,27)24-4-2-17(3-5-24)8-13(9-17)25-10-14-6-12(25)11-28-14/h7,12-14H,2-6,8-11H2,1H3. The van der Waals surface area contributed by atoms with Gasteiger partial charge < -0.3 is 4.74 Å². The molecule has 2 unspecified atom stereocenters. The summed E-state index contributed by atoms with van der Waals surface area (Å²) in [5.74, 6) is 0. The molecule has 0 radical (unpaired) electrons. The number of ether oxygens (including phenoxy) is 1. The van der Waals surface area contributed by atoms with E-state index < -0.39 is 26.9 Å². The predicted molar refractivity (Wildman–Crippen MR) is 96.5 cm³/mol. The molecule has 3 saturated heterocycles. The average molecular weight is 434 g/mol. The smallest absolute Gasteiger partial charge is 0.375 e. The second-order valence-corrected chi connectivity index (χ2v) is 10.9. The molecule has 29 heavy (non-hydrogen) atoms. The van der Waals surface area contributed by atoms with E-state index in [1.165, 1.54) is 11.4 Å². The Hall–Kier alpha value is -1.17. The lowest BCUT2D eigenvalue weighted by Gasteiger charge is -2.55. The van der Waals surface area contributed by atoms with Gasteiger partial charge in [0, 0.05) is 44.8 Å². The van der Waals surface area contributed by atoms with Crippen molar-refractivity contribution in [3.05, 3.63) is 11.8 Å². The van der Waals surface area contributed by atoms with Crippen molar-refractivity contribution in [1.29, 1.82) is 0 Å². The molecule has 162 valence electrons. The molecule has 0 amide bonds. The highest BCUT2D eigenvalue weighted by Gasteiger charge is 2.53. The van der Waals surface area contributed by atoms with Crippen LogP contribution in [0.2, 0.25) is 0 Å². The summed E-state index contributed by atoms with van der Waals surface area (Å²) in [7, 11) is -2.76. The van der Waals surface area contributed by atoms with Gasteiger partial charge in [-0.15, -0.1) is 0 Å². The summed E-state index contributed by atoms with van der Waals surface area (Å²) in [4.78, 5) is 2.57.